The molecule has 17 heavy (non-hydrogen) atoms. The van der Waals surface area contributed by atoms with Crippen LogP contribution in [0.1, 0.15) is 31.9 Å². The Kier molecular flexibility index (Phi) is 4.68. The van der Waals surface area contributed by atoms with E-state index in [1.54, 1.807) is 26.1 Å². The Hall–Kier alpha value is -0.910. The number of aliphatic hydroxyl groups is 1. The molecule has 0 amide bonds. The molecule has 0 heterocycles. The Morgan fingerprint density at radius 2 is 1.82 bits per heavy atom. The van der Waals surface area contributed by atoms with Gasteiger partial charge in [0.05, 0.1) is 11.0 Å². The first-order valence-corrected chi connectivity index (χ1v) is 7.08. The third kappa shape index (κ3) is 3.28. The van der Waals surface area contributed by atoms with E-state index in [0.717, 1.165) is 6.42 Å². The van der Waals surface area contributed by atoms with Gasteiger partial charge in [0.15, 0.2) is 0 Å². The largest absolute Gasteiger partial charge is 0.389 e. The molecule has 4 nitrogen and oxygen atoms in total. The SMILES string of the molecule is CCCN(C)S(=O)(=O)c1ccc(C(C)O)cc1. The highest BCUT2D eigenvalue weighted by atomic mass is 32.2. The van der Waals surface area contributed by atoms with Crippen LogP contribution in [-0.4, -0.2) is 31.4 Å². The molecule has 0 saturated heterocycles. The molecule has 1 rings (SSSR count). The number of benzene rings is 1. The van der Waals surface area contributed by atoms with Crippen molar-refractivity contribution in [2.24, 2.45) is 0 Å². The zero-order chi connectivity index (χ0) is 13.1. The Morgan fingerprint density at radius 1 is 1.29 bits per heavy atom. The van der Waals surface area contributed by atoms with Crippen molar-refractivity contribution >= 4 is 10.0 Å². The van der Waals surface area contributed by atoms with Crippen LogP contribution in [0.5, 0.6) is 0 Å². The molecule has 0 spiro atoms. The smallest absolute Gasteiger partial charge is 0.242 e. The number of hydrogen-bond acceptors (Lipinski definition) is 3. The molecule has 1 unspecified atom stereocenters. The van der Waals surface area contributed by atoms with Crippen molar-refractivity contribution in [1.82, 2.24) is 4.31 Å². The molecule has 0 saturated carbocycles. The third-order valence-corrected chi connectivity index (χ3v) is 4.48. The van der Waals surface area contributed by atoms with Gasteiger partial charge in [0.1, 0.15) is 0 Å². The lowest BCUT2D eigenvalue weighted by molar-refractivity contribution is 0.199. The average Bonchev–Trinajstić information content (AvgIpc) is 2.29. The summed E-state index contributed by atoms with van der Waals surface area (Å²) >= 11 is 0. The zero-order valence-electron chi connectivity index (χ0n) is 10.4. The van der Waals surface area contributed by atoms with Gasteiger partial charge >= 0.3 is 0 Å². The molecule has 0 aromatic heterocycles. The van der Waals surface area contributed by atoms with Crippen molar-refractivity contribution in [3.63, 3.8) is 0 Å². The van der Waals surface area contributed by atoms with Gasteiger partial charge in [-0.3, -0.25) is 0 Å². The van der Waals surface area contributed by atoms with E-state index in [-0.39, 0.29) is 4.90 Å². The number of sulfonamides is 1. The third-order valence-electron chi connectivity index (χ3n) is 2.61. The molecule has 0 aliphatic heterocycles. The van der Waals surface area contributed by atoms with Crippen LogP contribution in [-0.2, 0) is 10.0 Å². The van der Waals surface area contributed by atoms with Crippen molar-refractivity contribution in [2.45, 2.75) is 31.3 Å². The maximum absolute atomic E-state index is 12.1. The molecule has 1 aromatic rings. The van der Waals surface area contributed by atoms with Gasteiger partial charge in [-0.2, -0.15) is 0 Å². The molecule has 0 fully saturated rings. The zero-order valence-corrected chi connectivity index (χ0v) is 11.2. The van der Waals surface area contributed by atoms with Gasteiger partial charge < -0.3 is 5.11 Å². The lowest BCUT2D eigenvalue weighted by Gasteiger charge is -2.16. The predicted octanol–water partition coefficient (Wildman–Crippen LogP) is 1.77. The van der Waals surface area contributed by atoms with Crippen LogP contribution in [0.4, 0.5) is 0 Å². The Labute approximate surface area is 103 Å². The highest BCUT2D eigenvalue weighted by Gasteiger charge is 2.19. The normalized spacial score (nSPS) is 13.9. The molecule has 0 bridgehead atoms. The minimum absolute atomic E-state index is 0.262. The summed E-state index contributed by atoms with van der Waals surface area (Å²) in [5, 5.41) is 9.35. The van der Waals surface area contributed by atoms with Crippen molar-refractivity contribution in [3.05, 3.63) is 29.8 Å². The van der Waals surface area contributed by atoms with Gasteiger partial charge in [-0.1, -0.05) is 19.1 Å². The molecular weight excluding hydrogens is 238 g/mol. The van der Waals surface area contributed by atoms with Crippen LogP contribution in [0.3, 0.4) is 0 Å². The fourth-order valence-corrected chi connectivity index (χ4v) is 2.80. The van der Waals surface area contributed by atoms with Gasteiger partial charge in [-0.15, -0.1) is 0 Å². The van der Waals surface area contributed by atoms with Gasteiger partial charge in [0.25, 0.3) is 0 Å². The number of nitrogens with zero attached hydrogens (tertiary/aromatic N) is 1. The summed E-state index contributed by atoms with van der Waals surface area (Å²) in [4.78, 5) is 0.262. The van der Waals surface area contributed by atoms with Crippen LogP contribution in [0.2, 0.25) is 0 Å². The number of hydrogen-bond donors (Lipinski definition) is 1. The summed E-state index contributed by atoms with van der Waals surface area (Å²) in [5.74, 6) is 0. The van der Waals surface area contributed by atoms with Crippen molar-refractivity contribution < 1.29 is 13.5 Å². The second kappa shape index (κ2) is 5.62. The molecule has 0 aliphatic rings. The summed E-state index contributed by atoms with van der Waals surface area (Å²) in [6.45, 7) is 4.08. The minimum atomic E-state index is -3.39. The van der Waals surface area contributed by atoms with E-state index in [4.69, 9.17) is 0 Å². The molecule has 1 atom stereocenters. The van der Waals surface area contributed by atoms with E-state index in [0.29, 0.717) is 12.1 Å². The summed E-state index contributed by atoms with van der Waals surface area (Å²) < 4.78 is 25.5. The van der Waals surface area contributed by atoms with E-state index in [2.05, 4.69) is 0 Å². The van der Waals surface area contributed by atoms with Crippen LogP contribution in [0.25, 0.3) is 0 Å². The fraction of sp³-hybridized carbons (Fsp3) is 0.500. The van der Waals surface area contributed by atoms with Crippen LogP contribution >= 0.6 is 0 Å². The standard InChI is InChI=1S/C12H19NO3S/c1-4-9-13(3)17(15,16)12-7-5-11(6-8-12)10(2)14/h5-8,10,14H,4,9H2,1-3H3. The van der Waals surface area contributed by atoms with Crippen molar-refractivity contribution in [1.29, 1.82) is 0 Å². The topological polar surface area (TPSA) is 57.6 Å². The van der Waals surface area contributed by atoms with E-state index >= 15 is 0 Å². The number of aliphatic hydroxyl groups excluding tert-OH is 1. The second-order valence-electron chi connectivity index (χ2n) is 4.07. The molecule has 5 heteroatoms. The Morgan fingerprint density at radius 3 is 2.24 bits per heavy atom. The molecule has 1 N–H and O–H groups in total. The van der Waals surface area contributed by atoms with E-state index in [1.807, 2.05) is 6.92 Å². The lowest BCUT2D eigenvalue weighted by Crippen LogP contribution is -2.27. The summed E-state index contributed by atoms with van der Waals surface area (Å²) in [6, 6.07) is 6.34. The second-order valence-corrected chi connectivity index (χ2v) is 6.12. The van der Waals surface area contributed by atoms with E-state index < -0.39 is 16.1 Å². The van der Waals surface area contributed by atoms with Gasteiger partial charge in [0, 0.05) is 13.6 Å². The maximum atomic E-state index is 12.1. The average molecular weight is 257 g/mol. The quantitative estimate of drug-likeness (QED) is 0.874. The molecular formula is C12H19NO3S. The monoisotopic (exact) mass is 257 g/mol. The Balaban J connectivity index is 3.00. The molecule has 0 radical (unpaired) electrons. The first-order valence-electron chi connectivity index (χ1n) is 5.64. The summed E-state index contributed by atoms with van der Waals surface area (Å²) in [6.07, 6.45) is 0.196. The van der Waals surface area contributed by atoms with Crippen molar-refractivity contribution in [3.8, 4) is 0 Å². The van der Waals surface area contributed by atoms with Gasteiger partial charge in [-0.05, 0) is 31.0 Å². The molecule has 0 aliphatic carbocycles. The van der Waals surface area contributed by atoms with Gasteiger partial charge in [0.2, 0.25) is 10.0 Å². The first-order chi connectivity index (χ1) is 7.89. The number of rotatable bonds is 5. The van der Waals surface area contributed by atoms with Crippen LogP contribution in [0.15, 0.2) is 29.2 Å². The van der Waals surface area contributed by atoms with Crippen LogP contribution in [0, 0.1) is 0 Å². The predicted molar refractivity (Wildman–Crippen MR) is 67.2 cm³/mol. The lowest BCUT2D eigenvalue weighted by atomic mass is 10.1. The minimum Gasteiger partial charge on any atom is -0.389 e. The maximum Gasteiger partial charge on any atom is 0.242 e. The fourth-order valence-electron chi connectivity index (χ4n) is 1.53. The molecule has 1 aromatic carbocycles. The summed E-state index contributed by atoms with van der Waals surface area (Å²) in [7, 11) is -1.82. The molecule has 96 valence electrons. The Bertz CT molecular complexity index is 451. The first kappa shape index (κ1) is 14.2. The highest BCUT2D eigenvalue weighted by Crippen LogP contribution is 2.18. The summed E-state index contributed by atoms with van der Waals surface area (Å²) in [5.41, 5.74) is 0.710. The van der Waals surface area contributed by atoms with Crippen LogP contribution < -0.4 is 0 Å². The van der Waals surface area contributed by atoms with Crippen molar-refractivity contribution in [2.75, 3.05) is 13.6 Å². The van der Waals surface area contributed by atoms with Gasteiger partial charge in [-0.25, -0.2) is 12.7 Å². The van der Waals surface area contributed by atoms with E-state index in [1.165, 1.54) is 16.4 Å². The van der Waals surface area contributed by atoms with E-state index in [9.17, 15) is 13.5 Å². The highest BCUT2D eigenvalue weighted by molar-refractivity contribution is 7.89.